The van der Waals surface area contributed by atoms with Crippen LogP contribution in [0.3, 0.4) is 0 Å². The van der Waals surface area contributed by atoms with Gasteiger partial charge in [0.2, 0.25) is 5.91 Å². The second-order valence-corrected chi connectivity index (χ2v) is 12.5. The molecule has 3 saturated heterocycles. The van der Waals surface area contributed by atoms with E-state index in [1.807, 2.05) is 30.3 Å². The largest absolute Gasteiger partial charge is 0.504 e. The molecule has 7 nitrogen and oxygen atoms in total. The van der Waals surface area contributed by atoms with E-state index < -0.39 is 11.7 Å². The Kier molecular flexibility index (Phi) is 4.40. The van der Waals surface area contributed by atoms with Gasteiger partial charge in [0, 0.05) is 30.3 Å². The number of likely N-dealkylation sites (tertiary alicyclic amines) is 1. The Bertz CT molecular complexity index is 1300. The Hall–Kier alpha value is -2.61. The van der Waals surface area contributed by atoms with E-state index in [2.05, 4.69) is 28.2 Å². The summed E-state index contributed by atoms with van der Waals surface area (Å²) in [5, 5.41) is 26.5. The third-order valence-electron chi connectivity index (χ3n) is 11.0. The molecule has 1 amide bonds. The lowest BCUT2D eigenvalue weighted by atomic mass is 9.41. The topological polar surface area (TPSA) is 85.3 Å². The van der Waals surface area contributed by atoms with Gasteiger partial charge in [-0.3, -0.25) is 14.6 Å². The summed E-state index contributed by atoms with van der Waals surface area (Å²) in [6.07, 6.45) is 5.66. The first-order valence-electron chi connectivity index (χ1n) is 13.9. The summed E-state index contributed by atoms with van der Waals surface area (Å²) in [4.78, 5) is 18.5. The molecular formula is C30H35N3O4. The molecule has 0 aromatic heterocycles. The van der Waals surface area contributed by atoms with Gasteiger partial charge in [0.1, 0.15) is 11.7 Å². The summed E-state index contributed by atoms with van der Waals surface area (Å²) < 4.78 is 6.67. The zero-order valence-corrected chi connectivity index (χ0v) is 21.3. The molecule has 4 bridgehead atoms. The Balaban J connectivity index is 1.25. The van der Waals surface area contributed by atoms with Gasteiger partial charge in [0.15, 0.2) is 11.5 Å². The number of carbonyl (C=O) groups excluding carboxylic acids is 1. The van der Waals surface area contributed by atoms with Gasteiger partial charge in [-0.05, 0) is 81.8 Å². The first-order valence-corrected chi connectivity index (χ1v) is 13.9. The van der Waals surface area contributed by atoms with Crippen molar-refractivity contribution >= 4 is 11.6 Å². The van der Waals surface area contributed by atoms with Gasteiger partial charge in [-0.1, -0.05) is 24.3 Å². The van der Waals surface area contributed by atoms with Crippen LogP contribution in [0.15, 0.2) is 42.5 Å². The predicted octanol–water partition coefficient (Wildman–Crippen LogP) is 3.04. The molecule has 2 aromatic carbocycles. The lowest BCUT2D eigenvalue weighted by Crippen LogP contribution is -2.91. The molecule has 194 valence electrons. The number of hydrogen-bond acceptors (Lipinski definition) is 6. The number of anilines is 1. The maximum Gasteiger partial charge on any atom is 0.226 e. The number of aromatic hydroxyl groups is 1. The third kappa shape index (κ3) is 2.65. The maximum absolute atomic E-state index is 13.3. The fourth-order valence-electron chi connectivity index (χ4n) is 9.43. The van der Waals surface area contributed by atoms with Gasteiger partial charge in [-0.25, -0.2) is 0 Å². The van der Waals surface area contributed by atoms with Crippen molar-refractivity contribution in [3.63, 3.8) is 0 Å². The Morgan fingerprint density at radius 2 is 1.95 bits per heavy atom. The summed E-state index contributed by atoms with van der Waals surface area (Å²) >= 11 is 0. The van der Waals surface area contributed by atoms with E-state index >= 15 is 0 Å². The van der Waals surface area contributed by atoms with Crippen molar-refractivity contribution < 1.29 is 19.7 Å². The highest BCUT2D eigenvalue weighted by molar-refractivity contribution is 5.91. The summed E-state index contributed by atoms with van der Waals surface area (Å²) in [5.74, 6) is 1.44. The number of fused-ring (bicyclic) bond motifs is 2. The van der Waals surface area contributed by atoms with E-state index in [1.54, 1.807) is 6.07 Å². The van der Waals surface area contributed by atoms with Crippen LogP contribution in [0.25, 0.3) is 0 Å². The number of nitrogens with zero attached hydrogens (tertiary/aromatic N) is 2. The number of hydrogen-bond donors (Lipinski definition) is 3. The van der Waals surface area contributed by atoms with E-state index in [0.717, 1.165) is 49.5 Å². The van der Waals surface area contributed by atoms with E-state index in [1.165, 1.54) is 18.4 Å². The van der Waals surface area contributed by atoms with Crippen molar-refractivity contribution in [1.29, 1.82) is 0 Å². The minimum absolute atomic E-state index is 0.0932. The monoisotopic (exact) mass is 501 g/mol. The smallest absolute Gasteiger partial charge is 0.226 e. The van der Waals surface area contributed by atoms with Crippen molar-refractivity contribution in [2.24, 2.45) is 5.92 Å². The van der Waals surface area contributed by atoms with Crippen LogP contribution in [0.2, 0.25) is 0 Å². The van der Waals surface area contributed by atoms with Gasteiger partial charge in [-0.2, -0.15) is 0 Å². The highest BCUT2D eigenvalue weighted by atomic mass is 16.5. The Labute approximate surface area is 217 Å². The van der Waals surface area contributed by atoms with Crippen LogP contribution < -0.4 is 10.1 Å². The van der Waals surface area contributed by atoms with E-state index in [-0.39, 0.29) is 35.1 Å². The molecule has 0 unspecified atom stereocenters. The van der Waals surface area contributed by atoms with Crippen LogP contribution >= 0.6 is 0 Å². The van der Waals surface area contributed by atoms with Crippen molar-refractivity contribution in [2.45, 2.75) is 79.7 Å². The lowest BCUT2D eigenvalue weighted by Gasteiger charge is -2.76. The fourth-order valence-corrected chi connectivity index (χ4v) is 9.43. The molecule has 3 aliphatic carbocycles. The van der Waals surface area contributed by atoms with Crippen molar-refractivity contribution in [3.8, 4) is 11.5 Å². The number of amides is 1. The molecule has 5 fully saturated rings. The standard InChI is InChI=1S/C30H35N3O4/c1-32-22(16-24(35)31-20-5-3-2-4-6-20)29(36)11-12-30(32)23-15-19-9-10-21(34)26-25(19)28(30,27(29)37-26)13-14-33(23)17-18-7-8-18/h2-6,9-10,18,22-23,27,34,36H,7-8,11-17H2,1H3,(H,31,35)/t22-,23-,27-,28-,29-,30-/m1/s1. The van der Waals surface area contributed by atoms with Crippen LogP contribution in [-0.4, -0.2) is 75.4 Å². The summed E-state index contributed by atoms with van der Waals surface area (Å²) in [6, 6.07) is 13.3. The second kappa shape index (κ2) is 7.28. The number of piperidine rings is 3. The van der Waals surface area contributed by atoms with Gasteiger partial charge in [0.05, 0.1) is 17.0 Å². The van der Waals surface area contributed by atoms with Crippen LogP contribution in [0.5, 0.6) is 11.5 Å². The molecule has 4 heterocycles. The van der Waals surface area contributed by atoms with Crippen LogP contribution in [-0.2, 0) is 16.6 Å². The van der Waals surface area contributed by atoms with Crippen LogP contribution in [0.4, 0.5) is 5.69 Å². The Morgan fingerprint density at radius 1 is 1.14 bits per heavy atom. The summed E-state index contributed by atoms with van der Waals surface area (Å²) in [7, 11) is 2.14. The number of benzene rings is 2. The van der Waals surface area contributed by atoms with Crippen molar-refractivity contribution in [2.75, 3.05) is 25.5 Å². The quantitative estimate of drug-likeness (QED) is 0.584. The fraction of sp³-hybridized carbons (Fsp3) is 0.567. The van der Waals surface area contributed by atoms with Crippen molar-refractivity contribution in [1.82, 2.24) is 9.80 Å². The molecule has 4 aliphatic heterocycles. The van der Waals surface area contributed by atoms with E-state index in [4.69, 9.17) is 4.74 Å². The average molecular weight is 502 g/mol. The third-order valence-corrected chi connectivity index (χ3v) is 11.0. The molecule has 2 aromatic rings. The molecule has 2 saturated carbocycles. The van der Waals surface area contributed by atoms with Gasteiger partial charge in [-0.15, -0.1) is 0 Å². The molecule has 37 heavy (non-hydrogen) atoms. The molecule has 7 aliphatic rings. The number of aliphatic hydroxyl groups is 1. The maximum atomic E-state index is 13.3. The zero-order chi connectivity index (χ0) is 25.2. The first kappa shape index (κ1) is 22.4. The molecule has 9 rings (SSSR count). The molecule has 2 spiro atoms. The molecule has 7 heteroatoms. The SMILES string of the molecule is CN1[C@H](CC(=O)Nc2ccccc2)[C@]2(O)CC[C@]13[C@H]1Cc4ccc(O)c5c4[C@]3(CCN1CC1CC1)[C@H]2O5. The normalized spacial score (nSPS) is 39.2. The lowest BCUT2D eigenvalue weighted by molar-refractivity contribution is -0.286. The van der Waals surface area contributed by atoms with E-state index in [0.29, 0.717) is 18.2 Å². The molecule has 0 radical (unpaired) electrons. The average Bonchev–Trinajstić information content (AvgIpc) is 3.63. The number of phenols is 1. The zero-order valence-electron chi connectivity index (χ0n) is 21.3. The minimum Gasteiger partial charge on any atom is -0.504 e. The first-order chi connectivity index (χ1) is 17.9. The van der Waals surface area contributed by atoms with Crippen molar-refractivity contribution in [3.05, 3.63) is 53.6 Å². The highest BCUT2D eigenvalue weighted by Crippen LogP contribution is 2.72. The number of likely N-dealkylation sites (N-methyl/N-ethyl adjacent to an activating group) is 1. The highest BCUT2D eigenvalue weighted by Gasteiger charge is 2.82. The number of nitrogens with one attached hydrogen (secondary N) is 1. The number of carbonyl (C=O) groups is 1. The predicted molar refractivity (Wildman–Crippen MR) is 139 cm³/mol. The van der Waals surface area contributed by atoms with Gasteiger partial charge in [0.25, 0.3) is 0 Å². The molecule has 6 atom stereocenters. The summed E-state index contributed by atoms with van der Waals surface area (Å²) in [6.45, 7) is 2.12. The minimum atomic E-state index is -1.19. The van der Waals surface area contributed by atoms with Crippen LogP contribution in [0.1, 0.15) is 49.7 Å². The summed E-state index contributed by atoms with van der Waals surface area (Å²) in [5.41, 5.74) is 1.34. The molecular weight excluding hydrogens is 466 g/mol. The molecule has 3 N–H and O–H groups in total. The van der Waals surface area contributed by atoms with Gasteiger partial charge >= 0.3 is 0 Å². The number of phenolic OH excluding ortho intramolecular Hbond substituents is 1. The number of rotatable bonds is 5. The van der Waals surface area contributed by atoms with Crippen LogP contribution in [0, 0.1) is 5.92 Å². The number of para-hydroxylation sites is 1. The van der Waals surface area contributed by atoms with Gasteiger partial charge < -0.3 is 20.3 Å². The number of ether oxygens (including phenoxy) is 1. The Morgan fingerprint density at radius 3 is 2.73 bits per heavy atom. The van der Waals surface area contributed by atoms with E-state index in [9.17, 15) is 15.0 Å². The second-order valence-electron chi connectivity index (χ2n) is 12.5.